The van der Waals surface area contributed by atoms with E-state index in [1.165, 1.54) is 12.1 Å². The molecule has 0 saturated carbocycles. The third-order valence-corrected chi connectivity index (χ3v) is 3.03. The molecule has 88 valence electrons. The zero-order chi connectivity index (χ0) is 11.8. The van der Waals surface area contributed by atoms with E-state index in [0.717, 1.165) is 29.9 Å². The number of hydrogen-bond donors (Lipinski definition) is 2. The highest BCUT2D eigenvalue weighted by atomic mass is 19.1. The standard InChI is InChI=1S/C12H12FN3O/c13-8-1-3-9(4-2-8)16-11-7-14-6-5-10(11)12(17)15-16/h1-4,14H,5-7H2,(H,15,17). The van der Waals surface area contributed by atoms with Gasteiger partial charge in [0.2, 0.25) is 0 Å². The number of fused-ring (bicyclic) bond motifs is 1. The number of rotatable bonds is 1. The zero-order valence-corrected chi connectivity index (χ0v) is 9.16. The molecular formula is C12H12FN3O. The van der Waals surface area contributed by atoms with Crippen LogP contribution in [-0.2, 0) is 13.0 Å². The molecule has 3 rings (SSSR count). The van der Waals surface area contributed by atoms with Crippen LogP contribution in [0.15, 0.2) is 29.1 Å². The maximum absolute atomic E-state index is 12.9. The first-order chi connectivity index (χ1) is 8.25. The molecule has 0 spiro atoms. The predicted molar refractivity (Wildman–Crippen MR) is 61.8 cm³/mol. The van der Waals surface area contributed by atoms with Gasteiger partial charge in [-0.25, -0.2) is 4.39 Å². The highest BCUT2D eigenvalue weighted by Gasteiger charge is 2.18. The van der Waals surface area contributed by atoms with Crippen molar-refractivity contribution in [2.24, 2.45) is 0 Å². The van der Waals surface area contributed by atoms with Crippen LogP contribution in [0.4, 0.5) is 4.39 Å². The second kappa shape index (κ2) is 3.85. The van der Waals surface area contributed by atoms with E-state index in [9.17, 15) is 9.18 Å². The molecule has 2 N–H and O–H groups in total. The van der Waals surface area contributed by atoms with Gasteiger partial charge in [-0.15, -0.1) is 0 Å². The van der Waals surface area contributed by atoms with Gasteiger partial charge < -0.3 is 5.32 Å². The first-order valence-corrected chi connectivity index (χ1v) is 5.55. The van der Waals surface area contributed by atoms with E-state index in [0.29, 0.717) is 6.54 Å². The van der Waals surface area contributed by atoms with Crippen molar-refractivity contribution in [3.63, 3.8) is 0 Å². The molecule has 0 saturated heterocycles. The fourth-order valence-corrected chi connectivity index (χ4v) is 2.18. The molecule has 17 heavy (non-hydrogen) atoms. The van der Waals surface area contributed by atoms with Crippen molar-refractivity contribution >= 4 is 0 Å². The van der Waals surface area contributed by atoms with Crippen molar-refractivity contribution in [1.29, 1.82) is 0 Å². The van der Waals surface area contributed by atoms with Crippen molar-refractivity contribution in [2.75, 3.05) is 6.54 Å². The van der Waals surface area contributed by atoms with Gasteiger partial charge in [-0.2, -0.15) is 0 Å². The van der Waals surface area contributed by atoms with Crippen LogP contribution in [0.1, 0.15) is 11.3 Å². The molecule has 1 aliphatic rings. The SMILES string of the molecule is O=c1[nH]n(-c2ccc(F)cc2)c2c1CCNC2. The first kappa shape index (κ1) is 10.3. The van der Waals surface area contributed by atoms with E-state index < -0.39 is 0 Å². The van der Waals surface area contributed by atoms with Crippen molar-refractivity contribution in [2.45, 2.75) is 13.0 Å². The Bertz CT molecular complexity index is 597. The van der Waals surface area contributed by atoms with E-state index in [1.807, 2.05) is 0 Å². The highest BCUT2D eigenvalue weighted by Crippen LogP contribution is 2.15. The number of nitrogens with one attached hydrogen (secondary N) is 2. The van der Waals surface area contributed by atoms with Gasteiger partial charge in [0.25, 0.3) is 5.56 Å². The molecule has 0 aliphatic carbocycles. The van der Waals surface area contributed by atoms with Gasteiger partial charge in [0.15, 0.2) is 0 Å². The summed E-state index contributed by atoms with van der Waals surface area (Å²) in [5.41, 5.74) is 2.49. The average Bonchev–Trinajstić information content (AvgIpc) is 2.69. The summed E-state index contributed by atoms with van der Waals surface area (Å²) in [6.07, 6.45) is 0.735. The Morgan fingerprint density at radius 2 is 2.00 bits per heavy atom. The van der Waals surface area contributed by atoms with Crippen molar-refractivity contribution in [3.8, 4) is 5.69 Å². The number of benzene rings is 1. The Labute approximate surface area is 97.1 Å². The number of nitrogens with zero attached hydrogens (tertiary/aromatic N) is 1. The van der Waals surface area contributed by atoms with Crippen LogP contribution in [0.2, 0.25) is 0 Å². The van der Waals surface area contributed by atoms with Crippen LogP contribution in [0.25, 0.3) is 5.69 Å². The summed E-state index contributed by atoms with van der Waals surface area (Å²) < 4.78 is 14.6. The quantitative estimate of drug-likeness (QED) is 0.770. The van der Waals surface area contributed by atoms with Crippen molar-refractivity contribution < 1.29 is 4.39 Å². The molecule has 2 aromatic rings. The Hall–Kier alpha value is -1.88. The third-order valence-electron chi connectivity index (χ3n) is 3.03. The molecular weight excluding hydrogens is 221 g/mol. The molecule has 2 heterocycles. The minimum atomic E-state index is -0.282. The summed E-state index contributed by atoms with van der Waals surface area (Å²) in [5, 5.41) is 6.01. The van der Waals surface area contributed by atoms with Gasteiger partial charge in [-0.1, -0.05) is 0 Å². The predicted octanol–water partition coefficient (Wildman–Crippen LogP) is 0.950. The number of H-pyrrole nitrogens is 1. The minimum Gasteiger partial charge on any atom is -0.311 e. The molecule has 0 fully saturated rings. The van der Waals surface area contributed by atoms with E-state index in [4.69, 9.17) is 0 Å². The molecule has 1 aromatic heterocycles. The second-order valence-corrected chi connectivity index (χ2v) is 4.10. The van der Waals surface area contributed by atoms with Crippen molar-refractivity contribution in [3.05, 3.63) is 51.7 Å². The number of aromatic nitrogens is 2. The van der Waals surface area contributed by atoms with Gasteiger partial charge in [0.1, 0.15) is 5.82 Å². The highest BCUT2D eigenvalue weighted by molar-refractivity contribution is 5.36. The van der Waals surface area contributed by atoms with Crippen LogP contribution < -0.4 is 10.9 Å². The Balaban J connectivity index is 2.15. The van der Waals surface area contributed by atoms with Crippen molar-refractivity contribution in [1.82, 2.24) is 15.1 Å². The van der Waals surface area contributed by atoms with Crippen LogP contribution in [0.5, 0.6) is 0 Å². The van der Waals surface area contributed by atoms with Crippen LogP contribution >= 0.6 is 0 Å². The summed E-state index contributed by atoms with van der Waals surface area (Å²) >= 11 is 0. The fourth-order valence-electron chi connectivity index (χ4n) is 2.18. The molecule has 1 aliphatic heterocycles. The third kappa shape index (κ3) is 1.68. The molecule has 0 atom stereocenters. The van der Waals surface area contributed by atoms with Gasteiger partial charge in [-0.3, -0.25) is 14.6 Å². The number of aromatic amines is 1. The molecule has 4 nitrogen and oxygen atoms in total. The lowest BCUT2D eigenvalue weighted by Crippen LogP contribution is -2.26. The number of hydrogen-bond acceptors (Lipinski definition) is 2. The van der Waals surface area contributed by atoms with E-state index in [1.54, 1.807) is 16.8 Å². The molecule has 0 radical (unpaired) electrons. The summed E-state index contributed by atoms with van der Waals surface area (Å²) in [6.45, 7) is 1.48. The first-order valence-electron chi connectivity index (χ1n) is 5.55. The molecule has 5 heteroatoms. The largest absolute Gasteiger partial charge is 0.311 e. The maximum Gasteiger partial charge on any atom is 0.267 e. The van der Waals surface area contributed by atoms with E-state index >= 15 is 0 Å². The van der Waals surface area contributed by atoms with Gasteiger partial charge in [0, 0.05) is 12.1 Å². The molecule has 0 amide bonds. The summed E-state index contributed by atoms with van der Waals surface area (Å²) in [4.78, 5) is 11.7. The molecule has 0 bridgehead atoms. The maximum atomic E-state index is 12.9. The lowest BCUT2D eigenvalue weighted by molar-refractivity contribution is 0.611. The summed E-state index contributed by atoms with van der Waals surface area (Å²) in [6, 6.07) is 6.08. The Kier molecular flexibility index (Phi) is 2.33. The van der Waals surface area contributed by atoms with Crippen LogP contribution in [-0.4, -0.2) is 16.3 Å². The lowest BCUT2D eigenvalue weighted by atomic mass is 10.1. The molecule has 1 aromatic carbocycles. The van der Waals surface area contributed by atoms with E-state index in [-0.39, 0.29) is 11.4 Å². The van der Waals surface area contributed by atoms with E-state index in [2.05, 4.69) is 10.4 Å². The monoisotopic (exact) mass is 233 g/mol. The van der Waals surface area contributed by atoms with Gasteiger partial charge in [-0.05, 0) is 37.2 Å². The molecule has 0 unspecified atom stereocenters. The van der Waals surface area contributed by atoms with Gasteiger partial charge in [0.05, 0.1) is 11.4 Å². The Morgan fingerprint density at radius 1 is 1.24 bits per heavy atom. The van der Waals surface area contributed by atoms with Crippen LogP contribution in [0.3, 0.4) is 0 Å². The minimum absolute atomic E-state index is 0.0502. The topological polar surface area (TPSA) is 49.8 Å². The van der Waals surface area contributed by atoms with Crippen LogP contribution in [0, 0.1) is 5.82 Å². The zero-order valence-electron chi connectivity index (χ0n) is 9.16. The number of halogens is 1. The normalized spacial score (nSPS) is 14.6. The Morgan fingerprint density at radius 3 is 2.76 bits per heavy atom. The fraction of sp³-hybridized carbons (Fsp3) is 0.250. The summed E-state index contributed by atoms with van der Waals surface area (Å²) in [5.74, 6) is -0.282. The smallest absolute Gasteiger partial charge is 0.267 e. The summed E-state index contributed by atoms with van der Waals surface area (Å²) in [7, 11) is 0. The lowest BCUT2D eigenvalue weighted by Gasteiger charge is -2.15. The average molecular weight is 233 g/mol. The van der Waals surface area contributed by atoms with Gasteiger partial charge >= 0.3 is 0 Å². The second-order valence-electron chi connectivity index (χ2n) is 4.10.